The van der Waals surface area contributed by atoms with Gasteiger partial charge in [-0.25, -0.2) is 9.97 Å². The van der Waals surface area contributed by atoms with Crippen LogP contribution in [0.2, 0.25) is 5.15 Å². The third-order valence-corrected chi connectivity index (χ3v) is 1.87. The zero-order chi connectivity index (χ0) is 9.68. The largest absolute Gasteiger partial charge is 0.473 e. The lowest BCUT2D eigenvalue weighted by atomic mass is 10.2. The normalized spacial score (nSPS) is 9.69. The van der Waals surface area contributed by atoms with E-state index in [4.69, 9.17) is 16.3 Å². The highest BCUT2D eigenvalue weighted by Gasteiger charge is 2.07. The summed E-state index contributed by atoms with van der Waals surface area (Å²) in [6.45, 7) is 5.96. The first-order valence-electron chi connectivity index (χ1n) is 4.02. The van der Waals surface area contributed by atoms with Crippen molar-refractivity contribution < 1.29 is 4.74 Å². The Hall–Kier alpha value is -1.09. The Bertz CT molecular complexity index is 302. The van der Waals surface area contributed by atoms with E-state index in [1.165, 1.54) is 6.33 Å². The Kier molecular flexibility index (Phi) is 3.71. The molecule has 0 unspecified atom stereocenters. The summed E-state index contributed by atoms with van der Waals surface area (Å²) in [4.78, 5) is 7.85. The molecule has 0 bridgehead atoms. The van der Waals surface area contributed by atoms with Gasteiger partial charge in [0.1, 0.15) is 18.1 Å². The molecule has 0 fully saturated rings. The van der Waals surface area contributed by atoms with Gasteiger partial charge in [0.2, 0.25) is 5.88 Å². The molecular weight excluding hydrogens is 188 g/mol. The van der Waals surface area contributed by atoms with E-state index >= 15 is 0 Å². The minimum atomic E-state index is 0.431. The molecule has 1 heterocycles. The summed E-state index contributed by atoms with van der Waals surface area (Å²) in [5.74, 6) is 0.544. The van der Waals surface area contributed by atoms with E-state index in [-0.39, 0.29) is 0 Å². The molecular formula is C9H11ClN2O. The van der Waals surface area contributed by atoms with Crippen molar-refractivity contribution in [2.24, 2.45) is 0 Å². The van der Waals surface area contributed by atoms with Crippen LogP contribution in [0.1, 0.15) is 12.5 Å². The molecule has 0 aliphatic rings. The molecule has 1 aromatic heterocycles. The van der Waals surface area contributed by atoms with E-state index in [2.05, 4.69) is 16.5 Å². The van der Waals surface area contributed by atoms with E-state index in [9.17, 15) is 0 Å². The fourth-order valence-corrected chi connectivity index (χ4v) is 1.19. The van der Waals surface area contributed by atoms with Crippen LogP contribution in [0.4, 0.5) is 0 Å². The lowest BCUT2D eigenvalue weighted by molar-refractivity contribution is 0.344. The Balaban J connectivity index is 2.91. The van der Waals surface area contributed by atoms with Crippen molar-refractivity contribution in [1.82, 2.24) is 9.97 Å². The third kappa shape index (κ3) is 2.42. The number of ether oxygens (including phenoxy) is 1. The highest BCUT2D eigenvalue weighted by molar-refractivity contribution is 6.30. The summed E-state index contributed by atoms with van der Waals surface area (Å²) in [7, 11) is 0. The summed E-state index contributed by atoms with van der Waals surface area (Å²) in [6.07, 6.45) is 3.81. The third-order valence-electron chi connectivity index (χ3n) is 1.54. The molecule has 0 radical (unpaired) electrons. The molecule has 4 heteroatoms. The van der Waals surface area contributed by atoms with Crippen molar-refractivity contribution >= 4 is 11.6 Å². The Morgan fingerprint density at radius 2 is 2.38 bits per heavy atom. The van der Waals surface area contributed by atoms with Gasteiger partial charge in [0, 0.05) is 0 Å². The second-order valence-electron chi connectivity index (χ2n) is 2.40. The van der Waals surface area contributed by atoms with Crippen LogP contribution >= 0.6 is 11.6 Å². The zero-order valence-electron chi connectivity index (χ0n) is 7.46. The number of rotatable bonds is 4. The van der Waals surface area contributed by atoms with E-state index < -0.39 is 0 Å². The number of nitrogens with zero attached hydrogens (tertiary/aromatic N) is 2. The van der Waals surface area contributed by atoms with Crippen LogP contribution < -0.4 is 4.74 Å². The first-order valence-corrected chi connectivity index (χ1v) is 4.40. The zero-order valence-corrected chi connectivity index (χ0v) is 8.21. The Labute approximate surface area is 82.4 Å². The first kappa shape index (κ1) is 9.99. The molecule has 0 aromatic carbocycles. The summed E-state index contributed by atoms with van der Waals surface area (Å²) in [6, 6.07) is 0. The fraction of sp³-hybridized carbons (Fsp3) is 0.333. The molecule has 0 aliphatic heterocycles. The number of hydrogen-bond donors (Lipinski definition) is 0. The van der Waals surface area contributed by atoms with E-state index in [1.54, 1.807) is 6.08 Å². The van der Waals surface area contributed by atoms with E-state index in [0.29, 0.717) is 17.6 Å². The second-order valence-corrected chi connectivity index (χ2v) is 2.76. The van der Waals surface area contributed by atoms with Crippen LogP contribution in [-0.4, -0.2) is 16.6 Å². The van der Waals surface area contributed by atoms with Crippen LogP contribution in [0.25, 0.3) is 0 Å². The Morgan fingerprint density at radius 3 is 3.00 bits per heavy atom. The van der Waals surface area contributed by atoms with Gasteiger partial charge in [-0.1, -0.05) is 31.2 Å². The topological polar surface area (TPSA) is 35.0 Å². The summed E-state index contributed by atoms with van der Waals surface area (Å²) in [5, 5.41) is 0.455. The molecule has 0 aliphatic carbocycles. The van der Waals surface area contributed by atoms with Crippen LogP contribution in [0, 0.1) is 0 Å². The predicted octanol–water partition coefficient (Wildman–Crippen LogP) is 2.26. The van der Waals surface area contributed by atoms with Gasteiger partial charge in [-0.15, -0.1) is 0 Å². The lowest BCUT2D eigenvalue weighted by Crippen LogP contribution is -2.01. The molecule has 0 N–H and O–H groups in total. The number of aromatic nitrogens is 2. The molecule has 1 rings (SSSR count). The highest BCUT2D eigenvalue weighted by atomic mass is 35.5. The van der Waals surface area contributed by atoms with Crippen molar-refractivity contribution in [2.75, 3.05) is 6.61 Å². The average molecular weight is 199 g/mol. The minimum absolute atomic E-state index is 0.431. The Morgan fingerprint density at radius 1 is 1.62 bits per heavy atom. The predicted molar refractivity (Wildman–Crippen MR) is 52.1 cm³/mol. The summed E-state index contributed by atoms with van der Waals surface area (Å²) < 4.78 is 5.30. The molecule has 3 nitrogen and oxygen atoms in total. The van der Waals surface area contributed by atoms with Gasteiger partial charge in [0.15, 0.2) is 0 Å². The van der Waals surface area contributed by atoms with Crippen LogP contribution in [-0.2, 0) is 6.42 Å². The highest BCUT2D eigenvalue weighted by Crippen LogP contribution is 2.21. The molecule has 0 spiro atoms. The van der Waals surface area contributed by atoms with E-state index in [1.807, 2.05) is 6.92 Å². The van der Waals surface area contributed by atoms with Crippen molar-refractivity contribution in [2.45, 2.75) is 13.3 Å². The molecule has 13 heavy (non-hydrogen) atoms. The maximum Gasteiger partial charge on any atom is 0.221 e. The van der Waals surface area contributed by atoms with Gasteiger partial charge in [-0.05, 0) is 6.42 Å². The van der Waals surface area contributed by atoms with Crippen molar-refractivity contribution in [1.29, 1.82) is 0 Å². The average Bonchev–Trinajstić information content (AvgIpc) is 2.15. The molecule has 70 valence electrons. The van der Waals surface area contributed by atoms with Gasteiger partial charge in [0.25, 0.3) is 0 Å². The first-order chi connectivity index (χ1) is 6.29. The van der Waals surface area contributed by atoms with Crippen molar-refractivity contribution in [3.8, 4) is 5.88 Å². The lowest BCUT2D eigenvalue weighted by Gasteiger charge is -2.07. The molecule has 0 atom stereocenters. The van der Waals surface area contributed by atoms with Gasteiger partial charge < -0.3 is 4.74 Å². The fourth-order valence-electron chi connectivity index (χ4n) is 0.935. The monoisotopic (exact) mass is 198 g/mol. The maximum atomic E-state index is 5.85. The van der Waals surface area contributed by atoms with Crippen LogP contribution in [0.5, 0.6) is 5.88 Å². The molecule has 0 amide bonds. The number of halogens is 1. The second kappa shape index (κ2) is 4.82. The van der Waals surface area contributed by atoms with Gasteiger partial charge >= 0.3 is 0 Å². The molecule has 0 saturated carbocycles. The van der Waals surface area contributed by atoms with Crippen molar-refractivity contribution in [3.63, 3.8) is 0 Å². The van der Waals surface area contributed by atoms with Crippen LogP contribution in [0.15, 0.2) is 19.0 Å². The maximum absolute atomic E-state index is 5.85. The van der Waals surface area contributed by atoms with Gasteiger partial charge in [0.05, 0.1) is 5.56 Å². The summed E-state index contributed by atoms with van der Waals surface area (Å²) in [5.41, 5.74) is 0.839. The summed E-state index contributed by atoms with van der Waals surface area (Å²) >= 11 is 5.85. The number of hydrogen-bond acceptors (Lipinski definition) is 3. The van der Waals surface area contributed by atoms with E-state index in [0.717, 1.165) is 12.0 Å². The van der Waals surface area contributed by atoms with Crippen LogP contribution in [0.3, 0.4) is 0 Å². The smallest absolute Gasteiger partial charge is 0.221 e. The van der Waals surface area contributed by atoms with Crippen molar-refractivity contribution in [3.05, 3.63) is 29.7 Å². The SMILES string of the molecule is C=CCOc1ncnc(Cl)c1CC. The minimum Gasteiger partial charge on any atom is -0.473 e. The quantitative estimate of drug-likeness (QED) is 0.550. The standard InChI is InChI=1S/C9H11ClN2O/c1-3-5-13-9-7(4-2)8(10)11-6-12-9/h3,6H,1,4-5H2,2H3. The molecule has 1 aromatic rings. The molecule has 0 saturated heterocycles. The van der Waals surface area contributed by atoms with Gasteiger partial charge in [-0.3, -0.25) is 0 Å². The van der Waals surface area contributed by atoms with Gasteiger partial charge in [-0.2, -0.15) is 0 Å².